The Morgan fingerprint density at radius 2 is 2.04 bits per heavy atom. The van der Waals surface area contributed by atoms with Gasteiger partial charge in [0.1, 0.15) is 6.26 Å². The Morgan fingerprint density at radius 3 is 2.65 bits per heavy atom. The molecule has 0 saturated carbocycles. The number of furan rings is 1. The Balaban J connectivity index is 1.85. The molecule has 0 saturated heterocycles. The number of nitrogens with one attached hydrogen (secondary N) is 1. The van der Waals surface area contributed by atoms with E-state index in [0.717, 1.165) is 23.3 Å². The van der Waals surface area contributed by atoms with E-state index in [9.17, 15) is 4.79 Å². The van der Waals surface area contributed by atoms with Crippen molar-refractivity contribution in [2.45, 2.75) is 25.8 Å². The Bertz CT molecular complexity index is 730. The Hall–Kier alpha value is -2.33. The van der Waals surface area contributed by atoms with Gasteiger partial charge in [-0.2, -0.15) is 0 Å². The molecule has 0 aliphatic rings. The van der Waals surface area contributed by atoms with Crippen molar-refractivity contribution in [3.8, 4) is 0 Å². The van der Waals surface area contributed by atoms with Gasteiger partial charge in [-0.3, -0.25) is 4.79 Å². The number of thiophene rings is 1. The highest BCUT2D eigenvalue weighted by Gasteiger charge is 2.19. The third-order valence-electron chi connectivity index (χ3n) is 3.74. The molecule has 0 aliphatic heterocycles. The Kier molecular flexibility index (Phi) is 4.93. The summed E-state index contributed by atoms with van der Waals surface area (Å²) in [5.41, 5.74) is 2.95. The van der Waals surface area contributed by atoms with Crippen molar-refractivity contribution in [1.82, 2.24) is 5.32 Å². The van der Waals surface area contributed by atoms with Crippen molar-refractivity contribution in [3.05, 3.63) is 81.9 Å². The number of carbonyl (C=O) groups is 1. The first-order valence-corrected chi connectivity index (χ1v) is 8.61. The zero-order valence-electron chi connectivity index (χ0n) is 13.0. The molecular formula is C19H19NO2S. The number of carbonyl (C=O) groups excluding carboxylic acids is 1. The minimum Gasteiger partial charge on any atom is -0.472 e. The third kappa shape index (κ3) is 3.71. The van der Waals surface area contributed by atoms with Crippen LogP contribution in [0.1, 0.15) is 45.7 Å². The fourth-order valence-electron chi connectivity index (χ4n) is 2.55. The summed E-state index contributed by atoms with van der Waals surface area (Å²) in [4.78, 5) is 13.5. The average molecular weight is 325 g/mol. The maximum atomic E-state index is 12.4. The lowest BCUT2D eigenvalue weighted by Crippen LogP contribution is -2.28. The predicted molar refractivity (Wildman–Crippen MR) is 92.8 cm³/mol. The van der Waals surface area contributed by atoms with Gasteiger partial charge in [-0.25, -0.2) is 0 Å². The molecule has 0 spiro atoms. The van der Waals surface area contributed by atoms with E-state index >= 15 is 0 Å². The molecule has 4 heteroatoms. The molecule has 1 atom stereocenters. The SMILES string of the molecule is CCCc1ccc(C(NC(=O)c2ccoc2)c2cccs2)cc1. The highest BCUT2D eigenvalue weighted by molar-refractivity contribution is 7.10. The van der Waals surface area contributed by atoms with Gasteiger partial charge in [0.2, 0.25) is 0 Å². The number of benzene rings is 1. The summed E-state index contributed by atoms with van der Waals surface area (Å²) >= 11 is 1.64. The first-order valence-electron chi connectivity index (χ1n) is 7.73. The number of hydrogen-bond donors (Lipinski definition) is 1. The van der Waals surface area contributed by atoms with Crippen LogP contribution in [-0.2, 0) is 6.42 Å². The van der Waals surface area contributed by atoms with Crippen molar-refractivity contribution in [2.75, 3.05) is 0 Å². The van der Waals surface area contributed by atoms with Crippen LogP contribution in [0.3, 0.4) is 0 Å². The van der Waals surface area contributed by atoms with Crippen LogP contribution in [-0.4, -0.2) is 5.91 Å². The van der Waals surface area contributed by atoms with Gasteiger partial charge < -0.3 is 9.73 Å². The largest absolute Gasteiger partial charge is 0.472 e. The van der Waals surface area contributed by atoms with Gasteiger partial charge in [0, 0.05) is 4.88 Å². The molecule has 3 nitrogen and oxygen atoms in total. The van der Waals surface area contributed by atoms with Gasteiger partial charge in [-0.15, -0.1) is 11.3 Å². The zero-order valence-corrected chi connectivity index (χ0v) is 13.8. The maximum absolute atomic E-state index is 12.4. The maximum Gasteiger partial charge on any atom is 0.255 e. The summed E-state index contributed by atoms with van der Waals surface area (Å²) in [6, 6.07) is 14.1. The normalized spacial score (nSPS) is 12.0. The molecule has 0 aliphatic carbocycles. The van der Waals surface area contributed by atoms with E-state index in [1.54, 1.807) is 17.4 Å². The third-order valence-corrected chi connectivity index (χ3v) is 4.68. The van der Waals surface area contributed by atoms with E-state index in [1.165, 1.54) is 18.1 Å². The van der Waals surface area contributed by atoms with Crippen molar-refractivity contribution in [1.29, 1.82) is 0 Å². The van der Waals surface area contributed by atoms with Gasteiger partial charge >= 0.3 is 0 Å². The fraction of sp³-hybridized carbons (Fsp3) is 0.211. The molecule has 0 radical (unpaired) electrons. The van der Waals surface area contributed by atoms with Crippen LogP contribution in [0.2, 0.25) is 0 Å². The molecule has 0 bridgehead atoms. The smallest absolute Gasteiger partial charge is 0.255 e. The fourth-order valence-corrected chi connectivity index (χ4v) is 3.35. The quantitative estimate of drug-likeness (QED) is 0.706. The Morgan fingerprint density at radius 1 is 1.22 bits per heavy atom. The minimum atomic E-state index is -0.145. The van der Waals surface area contributed by atoms with Gasteiger partial charge in [0.05, 0.1) is 17.9 Å². The molecule has 1 N–H and O–H groups in total. The van der Waals surface area contributed by atoms with E-state index in [0.29, 0.717) is 5.56 Å². The topological polar surface area (TPSA) is 42.2 Å². The van der Waals surface area contributed by atoms with Crippen molar-refractivity contribution in [2.24, 2.45) is 0 Å². The van der Waals surface area contributed by atoms with Crippen molar-refractivity contribution >= 4 is 17.2 Å². The standard InChI is InChI=1S/C19H19NO2S/c1-2-4-14-6-8-15(9-7-14)18(17-5-3-12-23-17)20-19(21)16-10-11-22-13-16/h3,5-13,18H,2,4H2,1H3,(H,20,21). The summed E-state index contributed by atoms with van der Waals surface area (Å²) in [6.45, 7) is 2.17. The second-order valence-electron chi connectivity index (χ2n) is 5.43. The number of amides is 1. The molecule has 3 aromatic rings. The summed E-state index contributed by atoms with van der Waals surface area (Å²) in [5.74, 6) is -0.130. The van der Waals surface area contributed by atoms with Gasteiger partial charge in [0.15, 0.2) is 0 Å². The van der Waals surface area contributed by atoms with E-state index in [1.807, 2.05) is 17.5 Å². The molecule has 1 aromatic carbocycles. The first kappa shape index (κ1) is 15.6. The predicted octanol–water partition coefficient (Wildman–Crippen LogP) is 4.81. The van der Waals surface area contributed by atoms with E-state index in [-0.39, 0.29) is 11.9 Å². The molecular weight excluding hydrogens is 306 g/mol. The summed E-state index contributed by atoms with van der Waals surface area (Å²) in [6.07, 6.45) is 5.18. The van der Waals surface area contributed by atoms with Crippen LogP contribution in [0.4, 0.5) is 0 Å². The lowest BCUT2D eigenvalue weighted by molar-refractivity contribution is 0.0943. The summed E-state index contributed by atoms with van der Waals surface area (Å²) in [5, 5.41) is 5.13. The molecule has 23 heavy (non-hydrogen) atoms. The summed E-state index contributed by atoms with van der Waals surface area (Å²) < 4.78 is 5.00. The highest BCUT2D eigenvalue weighted by Crippen LogP contribution is 2.27. The van der Waals surface area contributed by atoms with Gasteiger partial charge in [0.25, 0.3) is 5.91 Å². The van der Waals surface area contributed by atoms with Gasteiger partial charge in [-0.05, 0) is 35.1 Å². The van der Waals surface area contributed by atoms with E-state index in [4.69, 9.17) is 4.42 Å². The molecule has 1 amide bonds. The molecule has 1 unspecified atom stereocenters. The average Bonchev–Trinajstić information content (AvgIpc) is 3.27. The monoisotopic (exact) mass is 325 g/mol. The van der Waals surface area contributed by atoms with E-state index in [2.05, 4.69) is 36.5 Å². The van der Waals surface area contributed by atoms with Crippen LogP contribution in [0.15, 0.2) is 64.8 Å². The lowest BCUT2D eigenvalue weighted by atomic mass is 10.0. The molecule has 2 aromatic heterocycles. The lowest BCUT2D eigenvalue weighted by Gasteiger charge is -2.18. The van der Waals surface area contributed by atoms with Crippen LogP contribution >= 0.6 is 11.3 Å². The first-order chi connectivity index (χ1) is 11.3. The molecule has 2 heterocycles. The molecule has 3 rings (SSSR count). The second kappa shape index (κ2) is 7.29. The number of rotatable bonds is 6. The highest BCUT2D eigenvalue weighted by atomic mass is 32.1. The second-order valence-corrected chi connectivity index (χ2v) is 6.40. The summed E-state index contributed by atoms with van der Waals surface area (Å²) in [7, 11) is 0. The number of hydrogen-bond acceptors (Lipinski definition) is 3. The number of aryl methyl sites for hydroxylation is 1. The Labute approximate surface area is 140 Å². The molecule has 118 valence electrons. The zero-order chi connectivity index (χ0) is 16.1. The van der Waals surface area contributed by atoms with Crippen LogP contribution in [0.25, 0.3) is 0 Å². The van der Waals surface area contributed by atoms with Crippen molar-refractivity contribution in [3.63, 3.8) is 0 Å². The van der Waals surface area contributed by atoms with Crippen molar-refractivity contribution < 1.29 is 9.21 Å². The molecule has 0 fully saturated rings. The minimum absolute atomic E-state index is 0.130. The van der Waals surface area contributed by atoms with E-state index < -0.39 is 0 Å². The van der Waals surface area contributed by atoms with Crippen LogP contribution < -0.4 is 5.32 Å². The van der Waals surface area contributed by atoms with Crippen LogP contribution in [0, 0.1) is 0 Å². The van der Waals surface area contributed by atoms with Crippen LogP contribution in [0.5, 0.6) is 0 Å². The van der Waals surface area contributed by atoms with Gasteiger partial charge in [-0.1, -0.05) is 43.7 Å².